The van der Waals surface area contributed by atoms with Crippen LogP contribution in [0.1, 0.15) is 65.2 Å². The van der Waals surface area contributed by atoms with Gasteiger partial charge in [-0.3, -0.25) is 9.59 Å². The maximum Gasteiger partial charge on any atom is 0.243 e. The van der Waals surface area contributed by atoms with Crippen LogP contribution in [0.25, 0.3) is 0 Å². The number of hydrogen-bond acceptors (Lipinski definition) is 3. The van der Waals surface area contributed by atoms with Gasteiger partial charge in [0.15, 0.2) is 0 Å². The fraction of sp³-hybridized carbons (Fsp3) is 0.905. The Balaban J connectivity index is 0.00000210. The summed E-state index contributed by atoms with van der Waals surface area (Å²) in [6.07, 6.45) is 9.35. The lowest BCUT2D eigenvalue weighted by Gasteiger charge is -2.55. The smallest absolute Gasteiger partial charge is 0.243 e. The van der Waals surface area contributed by atoms with Crippen molar-refractivity contribution < 1.29 is 9.59 Å². The number of halogens is 1. The highest BCUT2D eigenvalue weighted by Crippen LogP contribution is 2.60. The first-order chi connectivity index (χ1) is 12.4. The van der Waals surface area contributed by atoms with E-state index in [0.29, 0.717) is 12.5 Å². The van der Waals surface area contributed by atoms with Crippen LogP contribution in [0.3, 0.4) is 0 Å². The van der Waals surface area contributed by atoms with Crippen molar-refractivity contribution in [3.05, 3.63) is 0 Å². The van der Waals surface area contributed by atoms with Gasteiger partial charge < -0.3 is 16.4 Å². The van der Waals surface area contributed by atoms with Crippen molar-refractivity contribution in [3.8, 4) is 0 Å². The number of hydrogen-bond donors (Lipinski definition) is 3. The first kappa shape index (κ1) is 20.9. The topological polar surface area (TPSA) is 84.2 Å². The molecule has 0 aliphatic heterocycles. The molecule has 27 heavy (non-hydrogen) atoms. The van der Waals surface area contributed by atoms with E-state index in [-0.39, 0.29) is 41.6 Å². The summed E-state index contributed by atoms with van der Waals surface area (Å²) in [5.74, 6) is 2.88. The molecule has 2 amide bonds. The molecule has 0 spiro atoms. The van der Waals surface area contributed by atoms with Crippen molar-refractivity contribution in [2.45, 2.75) is 77.3 Å². The van der Waals surface area contributed by atoms with Crippen molar-refractivity contribution in [1.29, 1.82) is 0 Å². The molecule has 5 aliphatic carbocycles. The van der Waals surface area contributed by atoms with Gasteiger partial charge in [0.1, 0.15) is 6.04 Å². The molecule has 5 aliphatic rings. The monoisotopic (exact) mass is 397 g/mol. The summed E-state index contributed by atoms with van der Waals surface area (Å²) < 4.78 is 0. The van der Waals surface area contributed by atoms with E-state index in [1.54, 1.807) is 0 Å². The van der Waals surface area contributed by atoms with E-state index in [9.17, 15) is 9.59 Å². The molecule has 5 fully saturated rings. The molecule has 0 aromatic heterocycles. The molecule has 6 heteroatoms. The minimum atomic E-state index is -0.455. The second-order valence-electron chi connectivity index (χ2n) is 10.1. The summed E-state index contributed by atoms with van der Waals surface area (Å²) in [7, 11) is 0. The fourth-order valence-corrected chi connectivity index (χ4v) is 6.36. The van der Waals surface area contributed by atoms with Crippen LogP contribution in [-0.2, 0) is 9.59 Å². The molecule has 0 saturated heterocycles. The lowest BCUT2D eigenvalue weighted by molar-refractivity contribution is -0.149. The molecule has 0 radical (unpaired) electrons. The van der Waals surface area contributed by atoms with Crippen LogP contribution in [0.4, 0.5) is 0 Å². The van der Waals surface area contributed by atoms with Crippen LogP contribution in [0.15, 0.2) is 0 Å². The van der Waals surface area contributed by atoms with E-state index < -0.39 is 6.04 Å². The average Bonchev–Trinajstić information content (AvgIpc) is 3.40. The standard InChI is InChI=1S/C21H35N3O2.ClH/c1-12(2)18(19(25)23-17(11-22)16-3-4-16)24-20(26)21-8-13-5-14(9-21)7-15(6-13)10-21;/h12-18H,3-11,22H2,1-2H3,(H,23,25)(H,24,26);1H. The van der Waals surface area contributed by atoms with Crippen LogP contribution in [0.5, 0.6) is 0 Å². The Morgan fingerprint density at radius 3 is 1.93 bits per heavy atom. The molecule has 0 aromatic rings. The SMILES string of the molecule is CC(C)C(NC(=O)C12CC3CC(CC(C3)C1)C2)C(=O)NC(CN)C1CC1.Cl. The van der Waals surface area contributed by atoms with Gasteiger partial charge in [-0.1, -0.05) is 13.8 Å². The largest absolute Gasteiger partial charge is 0.350 e. The molecule has 2 atom stereocenters. The normalized spacial score (nSPS) is 36.1. The highest BCUT2D eigenvalue weighted by atomic mass is 35.5. The third kappa shape index (κ3) is 4.14. The van der Waals surface area contributed by atoms with E-state index in [2.05, 4.69) is 10.6 Å². The Morgan fingerprint density at radius 1 is 1.00 bits per heavy atom. The van der Waals surface area contributed by atoms with Crippen LogP contribution in [0.2, 0.25) is 0 Å². The maximum absolute atomic E-state index is 13.3. The van der Waals surface area contributed by atoms with Gasteiger partial charge in [0.2, 0.25) is 11.8 Å². The summed E-state index contributed by atoms with van der Waals surface area (Å²) in [6, 6.07) is -0.400. The number of rotatable bonds is 7. The van der Waals surface area contributed by atoms with Gasteiger partial charge >= 0.3 is 0 Å². The predicted octanol–water partition coefficient (Wildman–Crippen LogP) is 2.62. The second kappa shape index (κ2) is 7.90. The van der Waals surface area contributed by atoms with Gasteiger partial charge in [0, 0.05) is 18.0 Å². The lowest BCUT2D eigenvalue weighted by Crippen LogP contribution is -2.59. The Bertz CT molecular complexity index is 540. The summed E-state index contributed by atoms with van der Waals surface area (Å²) in [6.45, 7) is 4.50. The number of carbonyl (C=O) groups is 2. The van der Waals surface area contributed by atoms with Crippen LogP contribution >= 0.6 is 12.4 Å². The van der Waals surface area contributed by atoms with E-state index in [1.807, 2.05) is 13.8 Å². The highest BCUT2D eigenvalue weighted by molar-refractivity contribution is 5.90. The molecule has 5 rings (SSSR count). The third-order valence-corrected chi connectivity index (χ3v) is 7.53. The molecule has 5 saturated carbocycles. The van der Waals surface area contributed by atoms with Gasteiger partial charge in [-0.25, -0.2) is 0 Å². The number of nitrogens with two attached hydrogens (primary N) is 1. The van der Waals surface area contributed by atoms with Crippen LogP contribution < -0.4 is 16.4 Å². The zero-order chi connectivity index (χ0) is 18.5. The first-order valence-corrected chi connectivity index (χ1v) is 10.7. The molecule has 0 heterocycles. The minimum Gasteiger partial charge on any atom is -0.350 e. The second-order valence-corrected chi connectivity index (χ2v) is 10.1. The number of amides is 2. The van der Waals surface area contributed by atoms with Crippen molar-refractivity contribution >= 4 is 24.2 Å². The summed E-state index contributed by atoms with van der Waals surface area (Å²) in [5.41, 5.74) is 5.64. The van der Waals surface area contributed by atoms with Gasteiger partial charge in [-0.15, -0.1) is 12.4 Å². The van der Waals surface area contributed by atoms with Gasteiger partial charge in [-0.2, -0.15) is 0 Å². The van der Waals surface area contributed by atoms with Gasteiger partial charge in [-0.05, 0) is 81.0 Å². The summed E-state index contributed by atoms with van der Waals surface area (Å²) >= 11 is 0. The Hall–Kier alpha value is -0.810. The molecular formula is C21H36ClN3O2. The fourth-order valence-electron chi connectivity index (χ4n) is 6.36. The average molecular weight is 398 g/mol. The Morgan fingerprint density at radius 2 is 1.52 bits per heavy atom. The predicted molar refractivity (Wildman–Crippen MR) is 108 cm³/mol. The van der Waals surface area contributed by atoms with E-state index in [4.69, 9.17) is 5.73 Å². The number of carbonyl (C=O) groups excluding carboxylic acids is 2. The Kier molecular flexibility index (Phi) is 6.12. The zero-order valence-electron chi connectivity index (χ0n) is 16.7. The highest BCUT2D eigenvalue weighted by Gasteiger charge is 2.55. The van der Waals surface area contributed by atoms with E-state index in [0.717, 1.165) is 49.9 Å². The zero-order valence-corrected chi connectivity index (χ0v) is 17.5. The minimum absolute atomic E-state index is 0. The lowest BCUT2D eigenvalue weighted by atomic mass is 9.49. The summed E-state index contributed by atoms with van der Waals surface area (Å²) in [4.78, 5) is 26.2. The first-order valence-electron chi connectivity index (χ1n) is 10.7. The van der Waals surface area contributed by atoms with Crippen LogP contribution in [0, 0.1) is 35.0 Å². The molecule has 5 nitrogen and oxygen atoms in total. The maximum atomic E-state index is 13.3. The Labute approximate surface area is 169 Å². The van der Waals surface area contributed by atoms with Crippen molar-refractivity contribution in [2.75, 3.05) is 6.54 Å². The van der Waals surface area contributed by atoms with Crippen molar-refractivity contribution in [1.82, 2.24) is 10.6 Å². The molecule has 154 valence electrons. The van der Waals surface area contributed by atoms with E-state index in [1.165, 1.54) is 19.3 Å². The van der Waals surface area contributed by atoms with Gasteiger partial charge in [0.25, 0.3) is 0 Å². The van der Waals surface area contributed by atoms with Crippen molar-refractivity contribution in [3.63, 3.8) is 0 Å². The van der Waals surface area contributed by atoms with Crippen LogP contribution in [-0.4, -0.2) is 30.4 Å². The molecule has 0 aromatic carbocycles. The summed E-state index contributed by atoms with van der Waals surface area (Å²) in [5, 5.41) is 6.28. The third-order valence-electron chi connectivity index (χ3n) is 7.53. The molecule has 2 unspecified atom stereocenters. The van der Waals surface area contributed by atoms with Crippen molar-refractivity contribution in [2.24, 2.45) is 40.7 Å². The number of nitrogens with one attached hydrogen (secondary N) is 2. The van der Waals surface area contributed by atoms with E-state index >= 15 is 0 Å². The van der Waals surface area contributed by atoms with Gasteiger partial charge in [0.05, 0.1) is 0 Å². The molecular weight excluding hydrogens is 362 g/mol. The molecule has 4 N–H and O–H groups in total. The quantitative estimate of drug-likeness (QED) is 0.617. The molecule has 4 bridgehead atoms.